The van der Waals surface area contributed by atoms with Crippen molar-refractivity contribution in [3.8, 4) is 5.75 Å². The Kier molecular flexibility index (Phi) is 8.73. The molecule has 6 nitrogen and oxygen atoms in total. The van der Waals surface area contributed by atoms with Crippen LogP contribution in [0.25, 0.3) is 0 Å². The van der Waals surface area contributed by atoms with Crippen molar-refractivity contribution in [1.82, 2.24) is 5.32 Å². The topological polar surface area (TPSA) is 75.7 Å². The van der Waals surface area contributed by atoms with E-state index >= 15 is 0 Å². The van der Waals surface area contributed by atoms with E-state index in [4.69, 9.17) is 4.74 Å². The molecular formula is C24H25FN2O4S2. The van der Waals surface area contributed by atoms with E-state index in [1.165, 1.54) is 55.1 Å². The molecular weight excluding hydrogens is 463 g/mol. The highest BCUT2D eigenvalue weighted by atomic mass is 32.2. The zero-order chi connectivity index (χ0) is 23.7. The molecule has 0 saturated heterocycles. The van der Waals surface area contributed by atoms with Gasteiger partial charge in [-0.3, -0.25) is 9.10 Å². The van der Waals surface area contributed by atoms with Crippen molar-refractivity contribution in [3.63, 3.8) is 0 Å². The zero-order valence-corrected chi connectivity index (χ0v) is 19.7. The van der Waals surface area contributed by atoms with Gasteiger partial charge in [-0.15, -0.1) is 0 Å². The van der Waals surface area contributed by atoms with Gasteiger partial charge in [0.2, 0.25) is 5.91 Å². The second-order valence-corrected chi connectivity index (χ2v) is 9.99. The minimum Gasteiger partial charge on any atom is -0.497 e. The molecule has 0 unspecified atom stereocenters. The SMILES string of the molecule is COc1ccc(S(=O)(=O)N(CC(=O)NCCSCc2ccccc2)c2ccccc2F)cc1. The van der Waals surface area contributed by atoms with Gasteiger partial charge in [-0.25, -0.2) is 12.8 Å². The fourth-order valence-corrected chi connectivity index (χ4v) is 5.29. The predicted octanol–water partition coefficient (Wildman–Crippen LogP) is 4.08. The lowest BCUT2D eigenvalue weighted by Gasteiger charge is -2.24. The second-order valence-electron chi connectivity index (χ2n) is 7.03. The lowest BCUT2D eigenvalue weighted by molar-refractivity contribution is -0.119. The number of benzene rings is 3. The number of nitrogens with one attached hydrogen (secondary N) is 1. The number of carbonyl (C=O) groups is 1. The number of ether oxygens (including phenoxy) is 1. The summed E-state index contributed by atoms with van der Waals surface area (Å²) in [7, 11) is -2.73. The molecule has 0 radical (unpaired) electrons. The molecule has 0 bridgehead atoms. The van der Waals surface area contributed by atoms with E-state index in [0.717, 1.165) is 16.1 Å². The smallest absolute Gasteiger partial charge is 0.264 e. The summed E-state index contributed by atoms with van der Waals surface area (Å²) in [6, 6.07) is 21.1. The van der Waals surface area contributed by atoms with Crippen molar-refractivity contribution in [2.45, 2.75) is 10.6 Å². The summed E-state index contributed by atoms with van der Waals surface area (Å²) in [5, 5.41) is 2.72. The molecule has 1 N–H and O–H groups in total. The van der Waals surface area contributed by atoms with Crippen LogP contribution in [0.5, 0.6) is 5.75 Å². The number of para-hydroxylation sites is 1. The Balaban J connectivity index is 1.68. The Morgan fingerprint density at radius 3 is 2.33 bits per heavy atom. The lowest BCUT2D eigenvalue weighted by atomic mass is 10.2. The van der Waals surface area contributed by atoms with Gasteiger partial charge in [0.25, 0.3) is 10.0 Å². The molecule has 0 saturated carbocycles. The second kappa shape index (κ2) is 11.7. The average molecular weight is 489 g/mol. The summed E-state index contributed by atoms with van der Waals surface area (Å²) in [6.45, 7) is -0.178. The molecule has 0 aliphatic rings. The van der Waals surface area contributed by atoms with E-state index in [-0.39, 0.29) is 10.6 Å². The molecule has 9 heteroatoms. The monoisotopic (exact) mass is 488 g/mol. The molecule has 0 heterocycles. The standard InChI is InChI=1S/C24H25FN2O4S2/c1-31-20-11-13-21(14-12-20)33(29,30)27(23-10-6-5-9-22(23)25)17-24(28)26-15-16-32-18-19-7-3-2-4-8-19/h2-14H,15-18H2,1H3,(H,26,28). The van der Waals surface area contributed by atoms with E-state index in [0.29, 0.717) is 18.0 Å². The maximum absolute atomic E-state index is 14.5. The molecule has 3 aromatic carbocycles. The van der Waals surface area contributed by atoms with Gasteiger partial charge in [0.15, 0.2) is 0 Å². The first-order chi connectivity index (χ1) is 15.9. The van der Waals surface area contributed by atoms with E-state index in [1.807, 2.05) is 30.3 Å². The summed E-state index contributed by atoms with van der Waals surface area (Å²) in [6.07, 6.45) is 0. The largest absolute Gasteiger partial charge is 0.497 e. The molecule has 33 heavy (non-hydrogen) atoms. The Bertz CT molecular complexity index is 1160. The van der Waals surface area contributed by atoms with Crippen LogP contribution in [0.3, 0.4) is 0 Å². The number of rotatable bonds is 11. The van der Waals surface area contributed by atoms with Crippen molar-refractivity contribution in [2.75, 3.05) is 30.3 Å². The molecule has 0 spiro atoms. The van der Waals surface area contributed by atoms with Gasteiger partial charge in [0.1, 0.15) is 18.1 Å². The summed E-state index contributed by atoms with van der Waals surface area (Å²) < 4.78 is 46.9. The van der Waals surface area contributed by atoms with E-state index < -0.39 is 28.3 Å². The van der Waals surface area contributed by atoms with Crippen LogP contribution >= 0.6 is 11.8 Å². The Hall–Kier alpha value is -3.04. The van der Waals surface area contributed by atoms with E-state index in [1.54, 1.807) is 11.8 Å². The van der Waals surface area contributed by atoms with Crippen molar-refractivity contribution < 1.29 is 22.3 Å². The van der Waals surface area contributed by atoms with Crippen molar-refractivity contribution >= 4 is 33.4 Å². The summed E-state index contributed by atoms with van der Waals surface area (Å²) >= 11 is 1.65. The van der Waals surface area contributed by atoms with Crippen molar-refractivity contribution in [1.29, 1.82) is 0 Å². The highest BCUT2D eigenvalue weighted by molar-refractivity contribution is 7.98. The Morgan fingerprint density at radius 1 is 1.00 bits per heavy atom. The quantitative estimate of drug-likeness (QED) is 0.412. The van der Waals surface area contributed by atoms with Crippen molar-refractivity contribution in [3.05, 3.63) is 90.2 Å². The number of anilines is 1. The number of halogens is 1. The fraction of sp³-hybridized carbons (Fsp3) is 0.208. The number of hydrogen-bond donors (Lipinski definition) is 1. The number of carbonyl (C=O) groups excluding carboxylic acids is 1. The molecule has 1 amide bonds. The lowest BCUT2D eigenvalue weighted by Crippen LogP contribution is -2.41. The van der Waals surface area contributed by atoms with Gasteiger partial charge >= 0.3 is 0 Å². The Labute approximate surface area is 197 Å². The van der Waals surface area contributed by atoms with Crippen molar-refractivity contribution in [2.24, 2.45) is 0 Å². The highest BCUT2D eigenvalue weighted by Crippen LogP contribution is 2.27. The first kappa shape index (κ1) is 24.6. The van der Waals surface area contributed by atoms with Gasteiger partial charge in [-0.05, 0) is 42.0 Å². The van der Waals surface area contributed by atoms with Crippen LogP contribution in [0.1, 0.15) is 5.56 Å². The number of thioether (sulfide) groups is 1. The molecule has 0 atom stereocenters. The van der Waals surface area contributed by atoms with Crippen LogP contribution in [0.4, 0.5) is 10.1 Å². The first-order valence-corrected chi connectivity index (χ1v) is 12.8. The molecule has 0 fully saturated rings. The maximum atomic E-state index is 14.5. The third-order valence-corrected chi connectivity index (χ3v) is 7.54. The predicted molar refractivity (Wildman–Crippen MR) is 130 cm³/mol. The van der Waals surface area contributed by atoms with Gasteiger partial charge in [0.05, 0.1) is 17.7 Å². The molecule has 3 rings (SSSR count). The molecule has 174 valence electrons. The molecule has 0 aliphatic carbocycles. The van der Waals surface area contributed by atoms with Crippen LogP contribution in [0.2, 0.25) is 0 Å². The van der Waals surface area contributed by atoms with Gasteiger partial charge in [-0.2, -0.15) is 11.8 Å². The van der Waals surface area contributed by atoms with Crippen LogP contribution in [0.15, 0.2) is 83.8 Å². The molecule has 0 aliphatic heterocycles. The van der Waals surface area contributed by atoms with Crippen LogP contribution in [-0.4, -0.2) is 40.3 Å². The van der Waals surface area contributed by atoms with Gasteiger partial charge < -0.3 is 10.1 Å². The highest BCUT2D eigenvalue weighted by Gasteiger charge is 2.29. The summed E-state index contributed by atoms with van der Waals surface area (Å²) in [4.78, 5) is 12.5. The van der Waals surface area contributed by atoms with E-state index in [2.05, 4.69) is 5.32 Å². The van der Waals surface area contributed by atoms with Crippen LogP contribution in [-0.2, 0) is 20.6 Å². The zero-order valence-electron chi connectivity index (χ0n) is 18.1. The third kappa shape index (κ3) is 6.72. The Morgan fingerprint density at radius 2 is 1.67 bits per heavy atom. The first-order valence-electron chi connectivity index (χ1n) is 10.2. The average Bonchev–Trinajstić information content (AvgIpc) is 2.83. The maximum Gasteiger partial charge on any atom is 0.264 e. The van der Waals surface area contributed by atoms with Gasteiger partial charge in [0, 0.05) is 18.1 Å². The normalized spacial score (nSPS) is 11.1. The minimum atomic E-state index is -4.20. The number of methoxy groups -OCH3 is 1. The summed E-state index contributed by atoms with van der Waals surface area (Å²) in [5.74, 6) is 0.698. The fourth-order valence-electron chi connectivity index (χ4n) is 3.04. The molecule has 3 aromatic rings. The number of sulfonamides is 1. The molecule has 0 aromatic heterocycles. The summed E-state index contributed by atoms with van der Waals surface area (Å²) in [5.41, 5.74) is 0.993. The van der Waals surface area contributed by atoms with E-state index in [9.17, 15) is 17.6 Å². The van der Waals surface area contributed by atoms with Crippen LogP contribution in [0, 0.1) is 5.82 Å². The minimum absolute atomic E-state index is 0.0715. The number of hydrogen-bond acceptors (Lipinski definition) is 5. The number of nitrogens with zero attached hydrogens (tertiary/aromatic N) is 1. The van der Waals surface area contributed by atoms with Crippen LogP contribution < -0.4 is 14.4 Å². The van der Waals surface area contributed by atoms with Gasteiger partial charge in [-0.1, -0.05) is 42.5 Å². The third-order valence-electron chi connectivity index (χ3n) is 4.74. The number of amides is 1.